The van der Waals surface area contributed by atoms with Crippen molar-refractivity contribution in [1.82, 2.24) is 14.9 Å². The van der Waals surface area contributed by atoms with E-state index >= 15 is 0 Å². The SMILES string of the molecule is Cc1nccn1-c1ccc(CNC(=O)CN(c2ccc(Cl)c(Cl)c2)S(=O)(=O)c2ccccc2)cc1. The minimum absolute atomic E-state index is 0.0595. The van der Waals surface area contributed by atoms with Crippen LogP contribution in [0.5, 0.6) is 0 Å². The number of halogens is 2. The van der Waals surface area contributed by atoms with Gasteiger partial charge in [0.15, 0.2) is 0 Å². The maximum absolute atomic E-state index is 13.4. The third-order valence-electron chi connectivity index (χ3n) is 5.34. The van der Waals surface area contributed by atoms with E-state index in [9.17, 15) is 13.2 Å². The number of sulfonamides is 1. The normalized spacial score (nSPS) is 11.3. The van der Waals surface area contributed by atoms with Gasteiger partial charge in [-0.25, -0.2) is 13.4 Å². The fraction of sp³-hybridized carbons (Fsp3) is 0.120. The Bertz CT molecular complexity index is 1440. The van der Waals surface area contributed by atoms with Crippen LogP contribution >= 0.6 is 23.2 Å². The Kier molecular flexibility index (Phi) is 7.45. The Labute approximate surface area is 214 Å². The molecular weight excluding hydrogens is 507 g/mol. The van der Waals surface area contributed by atoms with Gasteiger partial charge in [0.2, 0.25) is 5.91 Å². The number of amides is 1. The van der Waals surface area contributed by atoms with Crippen molar-refractivity contribution in [2.45, 2.75) is 18.4 Å². The van der Waals surface area contributed by atoms with Gasteiger partial charge in [-0.15, -0.1) is 0 Å². The number of hydrogen-bond donors (Lipinski definition) is 1. The van der Waals surface area contributed by atoms with Crippen LogP contribution in [0.1, 0.15) is 11.4 Å². The molecule has 0 saturated heterocycles. The lowest BCUT2D eigenvalue weighted by molar-refractivity contribution is -0.119. The fourth-order valence-corrected chi connectivity index (χ4v) is 5.21. The number of imidazole rings is 1. The second-order valence-corrected chi connectivity index (χ2v) is 10.4. The van der Waals surface area contributed by atoms with Crippen LogP contribution in [-0.2, 0) is 21.4 Å². The van der Waals surface area contributed by atoms with Gasteiger partial charge in [-0.1, -0.05) is 53.5 Å². The van der Waals surface area contributed by atoms with Crippen molar-refractivity contribution in [3.63, 3.8) is 0 Å². The molecule has 10 heteroatoms. The van der Waals surface area contributed by atoms with Gasteiger partial charge in [0.1, 0.15) is 12.4 Å². The van der Waals surface area contributed by atoms with E-state index in [1.807, 2.05) is 42.0 Å². The first-order chi connectivity index (χ1) is 16.8. The van der Waals surface area contributed by atoms with Crippen LogP contribution in [0.2, 0.25) is 10.0 Å². The number of nitrogens with one attached hydrogen (secondary N) is 1. The summed E-state index contributed by atoms with van der Waals surface area (Å²) in [6.45, 7) is 1.72. The Morgan fingerprint density at radius 1 is 1.00 bits per heavy atom. The van der Waals surface area contributed by atoms with Crippen molar-refractivity contribution in [2.75, 3.05) is 10.8 Å². The molecule has 1 N–H and O–H groups in total. The van der Waals surface area contributed by atoms with E-state index in [2.05, 4.69) is 10.3 Å². The minimum Gasteiger partial charge on any atom is -0.350 e. The summed E-state index contributed by atoms with van der Waals surface area (Å²) >= 11 is 12.1. The lowest BCUT2D eigenvalue weighted by Crippen LogP contribution is -2.40. The van der Waals surface area contributed by atoms with E-state index in [0.717, 1.165) is 21.4 Å². The van der Waals surface area contributed by atoms with Crippen LogP contribution in [0, 0.1) is 6.92 Å². The van der Waals surface area contributed by atoms with Crippen LogP contribution in [0.15, 0.2) is 90.1 Å². The van der Waals surface area contributed by atoms with Gasteiger partial charge in [-0.05, 0) is 55.0 Å². The minimum atomic E-state index is -4.03. The zero-order chi connectivity index (χ0) is 25.0. The average Bonchev–Trinajstić information content (AvgIpc) is 3.29. The molecule has 0 saturated carbocycles. The van der Waals surface area contributed by atoms with Crippen molar-refractivity contribution in [3.05, 3.63) is 107 Å². The predicted molar refractivity (Wildman–Crippen MR) is 138 cm³/mol. The lowest BCUT2D eigenvalue weighted by Gasteiger charge is -2.24. The third kappa shape index (κ3) is 5.67. The van der Waals surface area contributed by atoms with Gasteiger partial charge in [-0.3, -0.25) is 9.10 Å². The Hall–Kier alpha value is -3.33. The average molecular weight is 529 g/mol. The number of aryl methyl sites for hydroxylation is 1. The molecule has 0 radical (unpaired) electrons. The number of carbonyl (C=O) groups is 1. The molecule has 0 unspecified atom stereocenters. The lowest BCUT2D eigenvalue weighted by atomic mass is 10.2. The second kappa shape index (κ2) is 10.5. The first-order valence-electron chi connectivity index (χ1n) is 10.6. The molecule has 1 aromatic heterocycles. The summed E-state index contributed by atoms with van der Waals surface area (Å²) in [5.74, 6) is 0.401. The summed E-state index contributed by atoms with van der Waals surface area (Å²) in [7, 11) is -4.03. The number of carbonyl (C=O) groups excluding carboxylic acids is 1. The van der Waals surface area contributed by atoms with Gasteiger partial charge < -0.3 is 9.88 Å². The Morgan fingerprint density at radius 2 is 1.71 bits per heavy atom. The van der Waals surface area contributed by atoms with E-state index in [1.54, 1.807) is 24.4 Å². The molecule has 180 valence electrons. The van der Waals surface area contributed by atoms with E-state index in [1.165, 1.54) is 30.3 Å². The molecule has 4 rings (SSSR count). The third-order valence-corrected chi connectivity index (χ3v) is 7.87. The first-order valence-corrected chi connectivity index (χ1v) is 12.8. The number of anilines is 1. The standard InChI is InChI=1S/C25H22Cl2N4O3S/c1-18-28-13-14-30(18)20-9-7-19(8-10-20)16-29-25(32)17-31(21-11-12-23(26)24(27)15-21)35(33,34)22-5-3-2-4-6-22/h2-15H,16-17H2,1H3,(H,29,32). The molecule has 0 aliphatic heterocycles. The van der Waals surface area contributed by atoms with Crippen LogP contribution < -0.4 is 9.62 Å². The maximum Gasteiger partial charge on any atom is 0.264 e. The zero-order valence-electron chi connectivity index (χ0n) is 18.7. The Morgan fingerprint density at radius 3 is 2.34 bits per heavy atom. The van der Waals surface area contributed by atoms with E-state index in [4.69, 9.17) is 23.2 Å². The molecule has 0 aliphatic rings. The highest BCUT2D eigenvalue weighted by atomic mass is 35.5. The van der Waals surface area contributed by atoms with Gasteiger partial charge in [0.05, 0.1) is 20.6 Å². The smallest absolute Gasteiger partial charge is 0.264 e. The van der Waals surface area contributed by atoms with Crippen molar-refractivity contribution in [1.29, 1.82) is 0 Å². The first kappa shape index (κ1) is 24.8. The van der Waals surface area contributed by atoms with Gasteiger partial charge in [-0.2, -0.15) is 0 Å². The fourth-order valence-electron chi connectivity index (χ4n) is 3.49. The molecule has 0 aliphatic carbocycles. The van der Waals surface area contributed by atoms with Crippen LogP contribution in [0.3, 0.4) is 0 Å². The molecule has 0 bridgehead atoms. The molecule has 4 aromatic rings. The summed E-state index contributed by atoms with van der Waals surface area (Å²) in [6, 6.07) is 20.0. The molecule has 1 amide bonds. The van der Waals surface area contributed by atoms with Crippen molar-refractivity contribution in [2.24, 2.45) is 0 Å². The highest BCUT2D eigenvalue weighted by Gasteiger charge is 2.27. The number of nitrogens with zero attached hydrogens (tertiary/aromatic N) is 3. The number of hydrogen-bond acceptors (Lipinski definition) is 4. The molecular formula is C25H22Cl2N4O3S. The summed E-state index contributed by atoms with van der Waals surface area (Å²) < 4.78 is 29.7. The largest absolute Gasteiger partial charge is 0.350 e. The number of rotatable bonds is 8. The molecule has 35 heavy (non-hydrogen) atoms. The maximum atomic E-state index is 13.4. The van der Waals surface area contributed by atoms with E-state index < -0.39 is 22.5 Å². The molecule has 0 atom stereocenters. The predicted octanol–water partition coefficient (Wildman–Crippen LogP) is 5.00. The van der Waals surface area contributed by atoms with Gasteiger partial charge in [0, 0.05) is 24.6 Å². The van der Waals surface area contributed by atoms with Gasteiger partial charge >= 0.3 is 0 Å². The molecule has 0 fully saturated rings. The summed E-state index contributed by atoms with van der Waals surface area (Å²) in [5.41, 5.74) is 2.06. The second-order valence-electron chi connectivity index (χ2n) is 7.71. The topological polar surface area (TPSA) is 84.3 Å². The number of aromatic nitrogens is 2. The summed E-state index contributed by atoms with van der Waals surface area (Å²) in [6.07, 6.45) is 3.60. The van der Waals surface area contributed by atoms with Crippen molar-refractivity contribution in [3.8, 4) is 5.69 Å². The summed E-state index contributed by atoms with van der Waals surface area (Å²) in [5, 5.41) is 3.26. The van der Waals surface area contributed by atoms with Crippen molar-refractivity contribution >= 4 is 44.8 Å². The molecule has 1 heterocycles. The summed E-state index contributed by atoms with van der Waals surface area (Å²) in [4.78, 5) is 17.1. The van der Waals surface area contributed by atoms with Gasteiger partial charge in [0.25, 0.3) is 10.0 Å². The quantitative estimate of drug-likeness (QED) is 0.348. The highest BCUT2D eigenvalue weighted by molar-refractivity contribution is 7.92. The molecule has 3 aromatic carbocycles. The zero-order valence-corrected chi connectivity index (χ0v) is 21.1. The van der Waals surface area contributed by atoms with Crippen LogP contribution in [0.4, 0.5) is 5.69 Å². The van der Waals surface area contributed by atoms with Crippen molar-refractivity contribution < 1.29 is 13.2 Å². The molecule has 0 spiro atoms. The van der Waals surface area contributed by atoms with Crippen LogP contribution in [-0.4, -0.2) is 30.4 Å². The molecule has 7 nitrogen and oxygen atoms in total. The van der Waals surface area contributed by atoms with E-state index in [-0.39, 0.29) is 27.2 Å². The highest BCUT2D eigenvalue weighted by Crippen LogP contribution is 2.30. The van der Waals surface area contributed by atoms with Crippen LogP contribution in [0.25, 0.3) is 5.69 Å². The monoisotopic (exact) mass is 528 g/mol. The Balaban J connectivity index is 1.51. The number of benzene rings is 3. The van der Waals surface area contributed by atoms with E-state index in [0.29, 0.717) is 0 Å².